The Labute approximate surface area is 79.7 Å². The molecule has 1 fully saturated rings. The first-order chi connectivity index (χ1) is 4.79. The van der Waals surface area contributed by atoms with Gasteiger partial charge in [0.25, 0.3) is 0 Å². The summed E-state index contributed by atoms with van der Waals surface area (Å²) in [5, 5.41) is 0. The van der Waals surface area contributed by atoms with Gasteiger partial charge in [0.1, 0.15) is 0 Å². The van der Waals surface area contributed by atoms with Crippen LogP contribution >= 0.6 is 12.9 Å². The van der Waals surface area contributed by atoms with Gasteiger partial charge in [0.2, 0.25) is 0 Å². The summed E-state index contributed by atoms with van der Waals surface area (Å²) in [7, 11) is 0. The Morgan fingerprint density at radius 3 is 2.60 bits per heavy atom. The van der Waals surface area contributed by atoms with Crippen LogP contribution in [-0.2, 0) is 0 Å². The van der Waals surface area contributed by atoms with Crippen molar-refractivity contribution in [1.29, 1.82) is 0 Å². The summed E-state index contributed by atoms with van der Waals surface area (Å²) in [6.45, 7) is 4.77. The van der Waals surface area contributed by atoms with E-state index in [1.54, 1.807) is 0 Å². The van der Waals surface area contributed by atoms with Gasteiger partial charge in [0, 0.05) is 0 Å². The van der Waals surface area contributed by atoms with E-state index in [0.717, 1.165) is 15.9 Å². The minimum Gasteiger partial charge on any atom is -0.306 e. The first-order valence-corrected chi connectivity index (χ1v) is 9.07. The van der Waals surface area contributed by atoms with Crippen LogP contribution < -0.4 is 0 Å². The van der Waals surface area contributed by atoms with E-state index in [9.17, 15) is 0 Å². The van der Waals surface area contributed by atoms with Crippen LogP contribution in [0.15, 0.2) is 0 Å². The maximum atomic E-state index is 3.74. The van der Waals surface area contributed by atoms with Crippen LogP contribution in [0.1, 0.15) is 33.1 Å². The average Bonchev–Trinajstić information content (AvgIpc) is 2.30. The molecule has 1 rings (SSSR count). The molecule has 0 radical (unpaired) electrons. The zero-order valence-corrected chi connectivity index (χ0v) is 9.94. The average molecular weight is 215 g/mol. The first kappa shape index (κ1) is 9.34. The second kappa shape index (κ2) is 4.32. The molecule has 0 aromatic rings. The predicted octanol–water partition coefficient (Wildman–Crippen LogP) is 3.25. The lowest BCUT2D eigenvalue weighted by atomic mass is 10.0. The second-order valence-electron chi connectivity index (χ2n) is 3.54. The highest BCUT2D eigenvalue weighted by atomic mass is 79.9. The van der Waals surface area contributed by atoms with Crippen molar-refractivity contribution in [2.75, 3.05) is 0 Å². The lowest BCUT2D eigenvalue weighted by Crippen LogP contribution is -2.09. The van der Waals surface area contributed by atoms with Crippen molar-refractivity contribution >= 4 is 31.1 Å². The molecule has 0 saturated heterocycles. The Kier molecular flexibility index (Phi) is 4.03. The summed E-state index contributed by atoms with van der Waals surface area (Å²) in [6, 6.07) is 0. The molecule has 0 aliphatic heterocycles. The molecule has 0 aromatic carbocycles. The molecule has 0 spiro atoms. The third kappa shape index (κ3) is 1.89. The van der Waals surface area contributed by atoms with Crippen LogP contribution in [0, 0.1) is 11.8 Å². The lowest BCUT2D eigenvalue weighted by Gasteiger charge is -2.18. The minimum atomic E-state index is 0.0971. The van der Waals surface area contributed by atoms with Gasteiger partial charge >= 0.3 is 18.2 Å². The maximum absolute atomic E-state index is 3.74. The Morgan fingerprint density at radius 2 is 2.20 bits per heavy atom. The summed E-state index contributed by atoms with van der Waals surface area (Å²) in [4.78, 5) is 0. The fourth-order valence-corrected chi connectivity index (χ4v) is 7.02. The van der Waals surface area contributed by atoms with Crippen LogP contribution in [-0.4, -0.2) is 18.2 Å². The van der Waals surface area contributed by atoms with Crippen LogP contribution in [0.3, 0.4) is 0 Å². The second-order valence-corrected chi connectivity index (χ2v) is 6.73. The van der Waals surface area contributed by atoms with Gasteiger partial charge in [0.05, 0.1) is 0 Å². The Hall–Kier alpha value is 1.25. The number of hydrogen-bond donors (Lipinski definition) is 0. The molecule has 1 aliphatic rings. The molecule has 3 atom stereocenters. The van der Waals surface area contributed by atoms with Crippen molar-refractivity contribution in [3.63, 3.8) is 0 Å². The molecule has 56 valence electrons. The fourth-order valence-electron chi connectivity index (χ4n) is 2.15. The van der Waals surface area contributed by atoms with Gasteiger partial charge in [-0.05, 0) is 0 Å². The van der Waals surface area contributed by atoms with Crippen molar-refractivity contribution < 1.29 is 0 Å². The van der Waals surface area contributed by atoms with Crippen LogP contribution in [0.5, 0.6) is 0 Å². The third-order valence-electron chi connectivity index (χ3n) is 3.03. The molecule has 1 aliphatic carbocycles. The summed E-state index contributed by atoms with van der Waals surface area (Å²) in [5.41, 5.74) is 0. The van der Waals surface area contributed by atoms with E-state index in [1.165, 1.54) is 19.3 Å². The summed E-state index contributed by atoms with van der Waals surface area (Å²) in [6.07, 6.45) is 4.40. The van der Waals surface area contributed by atoms with E-state index < -0.39 is 0 Å². The van der Waals surface area contributed by atoms with Crippen LogP contribution in [0.4, 0.5) is 0 Å². The Morgan fingerprint density at radius 1 is 1.50 bits per heavy atom. The van der Waals surface area contributed by atoms with Gasteiger partial charge in [-0.1, -0.05) is 44.9 Å². The SMILES string of the molecule is CCC1CCC(C)[CH]1[Mg][Br]. The van der Waals surface area contributed by atoms with E-state index >= 15 is 0 Å². The van der Waals surface area contributed by atoms with E-state index in [1.807, 2.05) is 0 Å². The smallest absolute Gasteiger partial charge is 0.306 e. The monoisotopic (exact) mass is 214 g/mol. The zero-order valence-electron chi connectivity index (χ0n) is 6.94. The molecule has 0 amide bonds. The van der Waals surface area contributed by atoms with E-state index in [4.69, 9.17) is 0 Å². The minimum absolute atomic E-state index is 0.0971. The van der Waals surface area contributed by atoms with Crippen molar-refractivity contribution in [3.8, 4) is 0 Å². The van der Waals surface area contributed by atoms with Gasteiger partial charge in [-0.3, -0.25) is 0 Å². The van der Waals surface area contributed by atoms with Gasteiger partial charge in [0.15, 0.2) is 0 Å². The quantitative estimate of drug-likeness (QED) is 0.620. The summed E-state index contributed by atoms with van der Waals surface area (Å²) in [5.74, 6) is 2.09. The molecule has 2 heteroatoms. The topological polar surface area (TPSA) is 0 Å². The van der Waals surface area contributed by atoms with Gasteiger partial charge in [-0.2, -0.15) is 0 Å². The van der Waals surface area contributed by atoms with E-state index in [0.29, 0.717) is 0 Å². The van der Waals surface area contributed by atoms with Gasteiger partial charge < -0.3 is 12.9 Å². The van der Waals surface area contributed by atoms with Gasteiger partial charge in [-0.15, -0.1) is 4.05 Å². The van der Waals surface area contributed by atoms with Crippen LogP contribution in [0.2, 0.25) is 4.05 Å². The number of hydrogen-bond acceptors (Lipinski definition) is 0. The Bertz CT molecular complexity index is 105. The molecule has 0 nitrogen and oxygen atoms in total. The van der Waals surface area contributed by atoms with Crippen molar-refractivity contribution in [2.24, 2.45) is 11.8 Å². The zero-order chi connectivity index (χ0) is 7.56. The summed E-state index contributed by atoms with van der Waals surface area (Å²) >= 11 is 3.83. The largest absolute Gasteiger partial charge is 0.472 e. The predicted molar refractivity (Wildman–Crippen MR) is 50.6 cm³/mol. The normalized spacial score (nSPS) is 39.7. The third-order valence-corrected chi connectivity index (χ3v) is 7.10. The maximum Gasteiger partial charge on any atom is 0.472 e. The first-order valence-electron chi connectivity index (χ1n) is 4.35. The molecular formula is C8H15BrMg. The molecule has 1 saturated carbocycles. The Balaban J connectivity index is 2.45. The molecular weight excluding hydrogens is 200 g/mol. The van der Waals surface area contributed by atoms with Crippen LogP contribution in [0.25, 0.3) is 0 Å². The molecule has 10 heavy (non-hydrogen) atoms. The molecule has 3 unspecified atom stereocenters. The van der Waals surface area contributed by atoms with Gasteiger partial charge in [-0.25, -0.2) is 0 Å². The van der Waals surface area contributed by atoms with Crippen molar-refractivity contribution in [2.45, 2.75) is 37.2 Å². The lowest BCUT2D eigenvalue weighted by molar-refractivity contribution is 0.500. The van der Waals surface area contributed by atoms with Crippen molar-refractivity contribution in [3.05, 3.63) is 0 Å². The highest BCUT2D eigenvalue weighted by Gasteiger charge is 2.31. The molecule has 0 N–H and O–H groups in total. The number of rotatable bonds is 2. The fraction of sp³-hybridized carbons (Fsp3) is 1.00. The van der Waals surface area contributed by atoms with E-state index in [2.05, 4.69) is 26.7 Å². The number of halogens is 1. The van der Waals surface area contributed by atoms with E-state index in [-0.39, 0.29) is 18.2 Å². The highest BCUT2D eigenvalue weighted by Crippen LogP contribution is 2.43. The molecule has 0 bridgehead atoms. The summed E-state index contributed by atoms with van der Waals surface area (Å²) < 4.78 is 1.10. The molecule has 0 aromatic heterocycles. The highest BCUT2D eigenvalue weighted by molar-refractivity contribution is 9.23. The van der Waals surface area contributed by atoms with Crippen molar-refractivity contribution in [1.82, 2.24) is 0 Å². The molecule has 0 heterocycles. The standard InChI is InChI=1S/C8H15.BrH.Mg/c1-3-8-5-4-7(2)6-8;;/h6-8H,3-5H2,1-2H3;1H;/q;;+1/p-1.